The zero-order valence-electron chi connectivity index (χ0n) is 23.3. The molecule has 0 aromatic heterocycles. The van der Waals surface area contributed by atoms with Crippen molar-refractivity contribution < 1.29 is 23.9 Å². The molecule has 0 bridgehead atoms. The molecule has 1 aliphatic rings. The van der Waals surface area contributed by atoms with Gasteiger partial charge in [-0.05, 0) is 61.4 Å². The van der Waals surface area contributed by atoms with Gasteiger partial charge >= 0.3 is 6.09 Å². The highest BCUT2D eigenvalue weighted by atomic mass is 28.4. The molecule has 1 fully saturated rings. The van der Waals surface area contributed by atoms with Gasteiger partial charge in [0.2, 0.25) is 0 Å². The summed E-state index contributed by atoms with van der Waals surface area (Å²) in [6, 6.07) is 19.0. The van der Waals surface area contributed by atoms with Crippen LogP contribution in [0.5, 0.6) is 0 Å². The van der Waals surface area contributed by atoms with Crippen LogP contribution in [0.4, 0.5) is 4.79 Å². The molecular formula is C30H43NO5Si. The van der Waals surface area contributed by atoms with Gasteiger partial charge in [-0.25, -0.2) is 4.79 Å². The van der Waals surface area contributed by atoms with Crippen molar-refractivity contribution >= 4 is 30.6 Å². The first-order valence-electron chi connectivity index (χ1n) is 13.2. The first kappa shape index (κ1) is 29.1. The fourth-order valence-corrected chi connectivity index (χ4v) is 8.70. The second kappa shape index (κ2) is 11.1. The number of epoxide rings is 1. The van der Waals surface area contributed by atoms with Gasteiger partial charge in [-0.1, -0.05) is 88.4 Å². The third kappa shape index (κ3) is 6.89. The van der Waals surface area contributed by atoms with E-state index in [0.717, 1.165) is 10.4 Å². The van der Waals surface area contributed by atoms with Crippen molar-refractivity contribution in [3.63, 3.8) is 0 Å². The third-order valence-corrected chi connectivity index (χ3v) is 11.7. The summed E-state index contributed by atoms with van der Waals surface area (Å²) in [5.74, 6) is 0.0808. The predicted octanol–water partition coefficient (Wildman–Crippen LogP) is 4.58. The lowest BCUT2D eigenvalue weighted by Gasteiger charge is -2.41. The molecule has 1 aliphatic heterocycles. The quantitative estimate of drug-likeness (QED) is 0.331. The smallest absolute Gasteiger partial charge is 0.408 e. The lowest BCUT2D eigenvalue weighted by atomic mass is 9.87. The molecule has 202 valence electrons. The van der Waals surface area contributed by atoms with E-state index in [0.29, 0.717) is 25.9 Å². The Morgan fingerprint density at radius 1 is 1.00 bits per heavy atom. The molecule has 0 spiro atoms. The summed E-state index contributed by atoms with van der Waals surface area (Å²) >= 11 is 0. The molecule has 0 unspecified atom stereocenters. The first-order chi connectivity index (χ1) is 17.2. The van der Waals surface area contributed by atoms with Gasteiger partial charge in [-0.2, -0.15) is 0 Å². The number of amides is 1. The number of ether oxygens (including phenoxy) is 2. The molecular weight excluding hydrogens is 482 g/mol. The first-order valence-corrected chi connectivity index (χ1v) is 15.2. The van der Waals surface area contributed by atoms with Crippen LogP contribution in [0.15, 0.2) is 60.7 Å². The summed E-state index contributed by atoms with van der Waals surface area (Å²) in [7, 11) is -3.20. The maximum Gasteiger partial charge on any atom is 0.408 e. The number of carbonyl (C=O) groups excluding carboxylic acids is 2. The van der Waals surface area contributed by atoms with Crippen molar-refractivity contribution in [3.05, 3.63) is 60.7 Å². The SMILES string of the molecule is CC(C)C[C@H](NC(=O)OC(C)(C)C)C(=O)[C@@]1(CCC(C)(C)[Si](O)(c2ccccc2)c2ccccc2)CO1. The highest BCUT2D eigenvalue weighted by Gasteiger charge is 2.57. The van der Waals surface area contributed by atoms with Crippen LogP contribution in [-0.2, 0) is 14.3 Å². The van der Waals surface area contributed by atoms with E-state index in [4.69, 9.17) is 9.47 Å². The molecule has 1 heterocycles. The molecule has 0 saturated carbocycles. The van der Waals surface area contributed by atoms with Gasteiger partial charge in [0, 0.05) is 0 Å². The fraction of sp³-hybridized carbons (Fsp3) is 0.533. The largest absolute Gasteiger partial charge is 0.444 e. The molecule has 2 aromatic rings. The zero-order chi connectivity index (χ0) is 27.5. The Labute approximate surface area is 222 Å². The summed E-state index contributed by atoms with van der Waals surface area (Å²) < 4.78 is 11.2. The van der Waals surface area contributed by atoms with E-state index in [1.165, 1.54) is 0 Å². The van der Waals surface area contributed by atoms with Crippen molar-refractivity contribution in [2.75, 3.05) is 6.61 Å². The average molecular weight is 526 g/mol. The number of ketones is 1. The van der Waals surface area contributed by atoms with Crippen LogP contribution in [0.25, 0.3) is 0 Å². The summed E-state index contributed by atoms with van der Waals surface area (Å²) in [5.41, 5.74) is -1.61. The van der Waals surface area contributed by atoms with Crippen LogP contribution in [0, 0.1) is 5.92 Å². The molecule has 7 heteroatoms. The zero-order valence-corrected chi connectivity index (χ0v) is 24.3. The van der Waals surface area contributed by atoms with Crippen LogP contribution in [-0.4, -0.2) is 48.8 Å². The molecule has 3 rings (SSSR count). The Bertz CT molecular complexity index is 1020. The number of rotatable bonds is 11. The number of alkyl carbamates (subject to hydrolysis) is 1. The van der Waals surface area contributed by atoms with E-state index in [1.807, 2.05) is 74.5 Å². The van der Waals surface area contributed by atoms with Gasteiger partial charge in [0.1, 0.15) is 5.60 Å². The predicted molar refractivity (Wildman–Crippen MR) is 150 cm³/mol. The van der Waals surface area contributed by atoms with Crippen LogP contribution in [0.1, 0.15) is 67.7 Å². The van der Waals surface area contributed by atoms with Crippen LogP contribution in [0.3, 0.4) is 0 Å². The second-order valence-corrected chi connectivity index (χ2v) is 16.2. The third-order valence-electron chi connectivity index (χ3n) is 7.17. The molecule has 2 aromatic carbocycles. The summed E-state index contributed by atoms with van der Waals surface area (Å²) in [4.78, 5) is 38.7. The fourth-order valence-electron chi connectivity index (χ4n) is 4.97. The Kier molecular flexibility index (Phi) is 8.72. The average Bonchev–Trinajstić information content (AvgIpc) is 3.62. The Morgan fingerprint density at radius 2 is 1.49 bits per heavy atom. The molecule has 2 atom stereocenters. The van der Waals surface area contributed by atoms with Gasteiger partial charge in [-0.3, -0.25) is 4.79 Å². The molecule has 37 heavy (non-hydrogen) atoms. The maximum atomic E-state index is 13.7. The molecule has 0 aliphatic carbocycles. The molecule has 0 radical (unpaired) electrons. The minimum atomic E-state index is -3.20. The number of Topliss-reactive ketones (excluding diaryl/α,β-unsaturated/α-hetero) is 1. The lowest BCUT2D eigenvalue weighted by Crippen LogP contribution is -2.65. The van der Waals surface area contributed by atoms with E-state index in [2.05, 4.69) is 19.2 Å². The van der Waals surface area contributed by atoms with E-state index in [-0.39, 0.29) is 11.7 Å². The summed E-state index contributed by atoms with van der Waals surface area (Å²) in [6.45, 7) is 13.9. The standard InChI is InChI=1S/C30H43NO5Si/c1-22(2)20-25(31-27(33)36-28(3,4)5)26(32)30(21-35-30)19-18-29(6,7)37(34,23-14-10-8-11-15-23)24-16-12-9-13-17-24/h8-17,22,25,34H,18-21H2,1-7H3,(H,31,33)/t25-,30+/m0/s1. The number of hydrogen-bond acceptors (Lipinski definition) is 5. The van der Waals surface area contributed by atoms with Crippen LogP contribution < -0.4 is 15.7 Å². The van der Waals surface area contributed by atoms with Gasteiger partial charge in [0.05, 0.1) is 12.6 Å². The minimum absolute atomic E-state index is 0.118. The van der Waals surface area contributed by atoms with Gasteiger partial charge in [0.25, 0.3) is 8.32 Å². The Balaban J connectivity index is 1.83. The monoisotopic (exact) mass is 525 g/mol. The van der Waals surface area contributed by atoms with E-state index < -0.39 is 36.7 Å². The van der Waals surface area contributed by atoms with Gasteiger partial charge < -0.3 is 19.6 Å². The topological polar surface area (TPSA) is 88.2 Å². The Hall–Kier alpha value is -2.48. The number of benzene rings is 2. The van der Waals surface area contributed by atoms with Crippen LogP contribution in [0.2, 0.25) is 5.04 Å². The molecule has 2 N–H and O–H groups in total. The summed E-state index contributed by atoms with van der Waals surface area (Å²) in [6.07, 6.45) is 0.960. The number of nitrogens with one attached hydrogen (secondary N) is 1. The highest BCUT2D eigenvalue weighted by Crippen LogP contribution is 2.45. The van der Waals surface area contributed by atoms with Crippen molar-refractivity contribution in [2.45, 2.75) is 90.0 Å². The minimum Gasteiger partial charge on any atom is -0.444 e. The van der Waals surface area contributed by atoms with Crippen molar-refractivity contribution in [2.24, 2.45) is 5.92 Å². The molecule has 6 nitrogen and oxygen atoms in total. The summed E-state index contributed by atoms with van der Waals surface area (Å²) in [5, 5.41) is 4.17. The number of hydrogen-bond donors (Lipinski definition) is 2. The van der Waals surface area contributed by atoms with E-state index >= 15 is 0 Å². The maximum absolute atomic E-state index is 13.7. The van der Waals surface area contributed by atoms with Crippen molar-refractivity contribution in [1.29, 1.82) is 0 Å². The molecule has 1 saturated heterocycles. The van der Waals surface area contributed by atoms with Crippen molar-refractivity contribution in [1.82, 2.24) is 5.32 Å². The van der Waals surface area contributed by atoms with Crippen LogP contribution >= 0.6 is 0 Å². The molecule has 1 amide bonds. The van der Waals surface area contributed by atoms with E-state index in [1.54, 1.807) is 20.8 Å². The lowest BCUT2D eigenvalue weighted by molar-refractivity contribution is -0.127. The Morgan fingerprint density at radius 3 is 1.89 bits per heavy atom. The van der Waals surface area contributed by atoms with Gasteiger partial charge in [0.15, 0.2) is 11.4 Å². The second-order valence-electron chi connectivity index (χ2n) is 12.3. The normalized spacial score (nSPS) is 18.8. The highest BCUT2D eigenvalue weighted by molar-refractivity contribution is 6.98. The number of carbonyl (C=O) groups is 2. The van der Waals surface area contributed by atoms with E-state index in [9.17, 15) is 14.4 Å². The van der Waals surface area contributed by atoms with Crippen molar-refractivity contribution in [3.8, 4) is 0 Å². The van der Waals surface area contributed by atoms with Gasteiger partial charge in [-0.15, -0.1) is 0 Å².